The van der Waals surface area contributed by atoms with Crippen LogP contribution >= 0.6 is 11.3 Å². The fourth-order valence-electron chi connectivity index (χ4n) is 2.03. The maximum Gasteiger partial charge on any atom is 0.228 e. The highest BCUT2D eigenvalue weighted by Crippen LogP contribution is 2.28. The molecule has 2 aromatic heterocycles. The molecular weight excluding hydrogens is 298 g/mol. The zero-order valence-electron chi connectivity index (χ0n) is 11.6. The minimum absolute atomic E-state index is 0.127. The Morgan fingerprint density at radius 1 is 1.27 bits per heavy atom. The normalized spacial score (nSPS) is 10.4. The summed E-state index contributed by atoms with van der Waals surface area (Å²) in [6.45, 7) is 0. The van der Waals surface area contributed by atoms with Gasteiger partial charge in [-0.3, -0.25) is 4.79 Å². The van der Waals surface area contributed by atoms with E-state index in [9.17, 15) is 9.90 Å². The lowest BCUT2D eigenvalue weighted by Gasteiger charge is -2.03. The molecule has 0 aliphatic heterocycles. The van der Waals surface area contributed by atoms with E-state index >= 15 is 0 Å². The Bertz CT molecular complexity index is 787. The molecule has 0 aliphatic carbocycles. The van der Waals surface area contributed by atoms with Gasteiger partial charge in [0.15, 0.2) is 0 Å². The molecule has 0 atom stereocenters. The molecule has 0 radical (unpaired) electrons. The smallest absolute Gasteiger partial charge is 0.228 e. The van der Waals surface area contributed by atoms with Gasteiger partial charge >= 0.3 is 0 Å². The fourth-order valence-corrected chi connectivity index (χ4v) is 2.85. The van der Waals surface area contributed by atoms with Crippen LogP contribution in [0.15, 0.2) is 54.3 Å². The van der Waals surface area contributed by atoms with Crippen LogP contribution in [0, 0.1) is 0 Å². The highest BCUT2D eigenvalue weighted by atomic mass is 32.1. The van der Waals surface area contributed by atoms with E-state index in [1.165, 1.54) is 17.7 Å². The Morgan fingerprint density at radius 3 is 2.95 bits per heavy atom. The summed E-state index contributed by atoms with van der Waals surface area (Å²) in [6, 6.07) is 10.4. The number of phenols is 1. The lowest BCUT2D eigenvalue weighted by Crippen LogP contribution is -2.13. The van der Waals surface area contributed by atoms with E-state index in [-0.39, 0.29) is 18.1 Å². The number of aromatic nitrogens is 2. The van der Waals surface area contributed by atoms with Gasteiger partial charge in [-0.05, 0) is 29.8 Å². The van der Waals surface area contributed by atoms with Crippen molar-refractivity contribution >= 4 is 22.9 Å². The van der Waals surface area contributed by atoms with Crippen LogP contribution in [-0.2, 0) is 11.2 Å². The van der Waals surface area contributed by atoms with E-state index in [1.807, 2.05) is 17.5 Å². The molecule has 0 fully saturated rings. The molecule has 1 aromatic carbocycles. The van der Waals surface area contributed by atoms with Crippen LogP contribution in [0.25, 0.3) is 10.6 Å². The summed E-state index contributed by atoms with van der Waals surface area (Å²) in [5, 5.41) is 14.1. The van der Waals surface area contributed by atoms with E-state index in [2.05, 4.69) is 15.3 Å². The first-order valence-corrected chi connectivity index (χ1v) is 7.51. The van der Waals surface area contributed by atoms with E-state index in [1.54, 1.807) is 30.5 Å². The number of thiophene rings is 1. The Labute approximate surface area is 131 Å². The first kappa shape index (κ1) is 14.2. The van der Waals surface area contributed by atoms with Gasteiger partial charge in [0.2, 0.25) is 5.91 Å². The number of carbonyl (C=O) groups excluding carboxylic acids is 1. The number of hydrogen-bond acceptors (Lipinski definition) is 5. The molecule has 0 spiro atoms. The highest BCUT2D eigenvalue weighted by molar-refractivity contribution is 7.14. The molecule has 2 N–H and O–H groups in total. The number of anilines is 1. The van der Waals surface area contributed by atoms with Gasteiger partial charge in [0.25, 0.3) is 0 Å². The summed E-state index contributed by atoms with van der Waals surface area (Å²) >= 11 is 1.51. The van der Waals surface area contributed by atoms with Crippen molar-refractivity contribution in [3.05, 3.63) is 59.9 Å². The molecule has 3 aromatic rings. The summed E-state index contributed by atoms with van der Waals surface area (Å²) in [7, 11) is 0. The summed E-state index contributed by atoms with van der Waals surface area (Å²) in [5.74, 6) is 0.0320. The van der Waals surface area contributed by atoms with Crippen molar-refractivity contribution in [3.63, 3.8) is 0 Å². The van der Waals surface area contributed by atoms with E-state index in [0.29, 0.717) is 0 Å². The summed E-state index contributed by atoms with van der Waals surface area (Å²) in [6.07, 6.45) is 3.39. The van der Waals surface area contributed by atoms with Crippen LogP contribution in [0.3, 0.4) is 0 Å². The van der Waals surface area contributed by atoms with Crippen molar-refractivity contribution in [1.29, 1.82) is 0 Å². The van der Waals surface area contributed by atoms with Gasteiger partial charge in [-0.1, -0.05) is 12.1 Å². The van der Waals surface area contributed by atoms with Crippen molar-refractivity contribution in [2.24, 2.45) is 0 Å². The van der Waals surface area contributed by atoms with Crippen molar-refractivity contribution in [2.45, 2.75) is 6.42 Å². The second kappa shape index (κ2) is 6.36. The largest absolute Gasteiger partial charge is 0.508 e. The molecule has 5 nitrogen and oxygen atoms in total. The van der Waals surface area contributed by atoms with Gasteiger partial charge in [0, 0.05) is 11.6 Å². The lowest BCUT2D eigenvalue weighted by molar-refractivity contribution is -0.115. The number of aromatic hydroxyl groups is 1. The van der Waals surface area contributed by atoms with Crippen LogP contribution in [-0.4, -0.2) is 21.0 Å². The summed E-state index contributed by atoms with van der Waals surface area (Å²) < 4.78 is 0. The van der Waals surface area contributed by atoms with Crippen LogP contribution in [0.4, 0.5) is 5.69 Å². The Kier molecular flexibility index (Phi) is 4.11. The molecule has 6 heteroatoms. The van der Waals surface area contributed by atoms with E-state index in [0.717, 1.165) is 21.8 Å². The highest BCUT2D eigenvalue weighted by Gasteiger charge is 2.08. The van der Waals surface area contributed by atoms with Gasteiger partial charge in [0.1, 0.15) is 12.1 Å². The van der Waals surface area contributed by atoms with Gasteiger partial charge < -0.3 is 10.4 Å². The maximum absolute atomic E-state index is 12.0. The van der Waals surface area contributed by atoms with Gasteiger partial charge in [0.05, 0.1) is 22.7 Å². The molecule has 0 unspecified atom stereocenters. The Balaban J connectivity index is 1.66. The number of amides is 1. The predicted octanol–water partition coefficient (Wildman–Crippen LogP) is 3.09. The Hall–Kier alpha value is -2.73. The van der Waals surface area contributed by atoms with Crippen molar-refractivity contribution in [2.75, 3.05) is 5.32 Å². The topological polar surface area (TPSA) is 75.1 Å². The molecule has 0 bridgehead atoms. The number of carbonyl (C=O) groups is 1. The van der Waals surface area contributed by atoms with Crippen molar-refractivity contribution in [3.8, 4) is 16.3 Å². The molecule has 110 valence electrons. The van der Waals surface area contributed by atoms with Crippen molar-refractivity contribution < 1.29 is 9.90 Å². The average Bonchev–Trinajstić information content (AvgIpc) is 2.96. The average molecular weight is 311 g/mol. The molecule has 22 heavy (non-hydrogen) atoms. The van der Waals surface area contributed by atoms with Crippen LogP contribution in [0.1, 0.15) is 5.56 Å². The minimum Gasteiger partial charge on any atom is -0.508 e. The first-order valence-electron chi connectivity index (χ1n) is 6.63. The molecular formula is C16H13N3O2S. The third-order valence-corrected chi connectivity index (χ3v) is 3.95. The summed E-state index contributed by atoms with van der Waals surface area (Å²) in [5.41, 5.74) is 2.33. The predicted molar refractivity (Wildman–Crippen MR) is 85.8 cm³/mol. The summed E-state index contributed by atoms with van der Waals surface area (Å²) in [4.78, 5) is 21.1. The number of benzene rings is 1. The van der Waals surface area contributed by atoms with Crippen LogP contribution in [0.5, 0.6) is 5.75 Å². The third kappa shape index (κ3) is 3.48. The van der Waals surface area contributed by atoms with Crippen molar-refractivity contribution in [1.82, 2.24) is 9.97 Å². The SMILES string of the molecule is O=C(Cc1cccc(O)c1)Nc1csc(-c2ccncn2)c1. The van der Waals surface area contributed by atoms with Gasteiger partial charge in [-0.15, -0.1) is 11.3 Å². The molecule has 0 aliphatic rings. The molecule has 3 rings (SSSR count). The lowest BCUT2D eigenvalue weighted by atomic mass is 10.1. The van der Waals surface area contributed by atoms with Gasteiger partial charge in [-0.25, -0.2) is 9.97 Å². The number of phenolic OH excluding ortho intramolecular Hbond substituents is 1. The number of hydrogen-bond donors (Lipinski definition) is 2. The quantitative estimate of drug-likeness (QED) is 0.776. The monoisotopic (exact) mass is 311 g/mol. The standard InChI is InChI=1S/C16H13N3O2S/c20-13-3-1-2-11(6-13)7-16(21)19-12-8-15(22-9-12)14-4-5-17-10-18-14/h1-6,8-10,20H,7H2,(H,19,21). The second-order valence-corrected chi connectivity index (χ2v) is 5.60. The van der Waals surface area contributed by atoms with E-state index in [4.69, 9.17) is 0 Å². The molecule has 1 amide bonds. The maximum atomic E-state index is 12.0. The molecule has 0 saturated carbocycles. The zero-order valence-corrected chi connectivity index (χ0v) is 12.4. The molecule has 2 heterocycles. The Morgan fingerprint density at radius 2 is 2.18 bits per heavy atom. The number of nitrogens with one attached hydrogen (secondary N) is 1. The number of nitrogens with zero attached hydrogens (tertiary/aromatic N) is 2. The first-order chi connectivity index (χ1) is 10.7. The third-order valence-electron chi connectivity index (χ3n) is 2.99. The van der Waals surface area contributed by atoms with Crippen LogP contribution < -0.4 is 5.32 Å². The van der Waals surface area contributed by atoms with Gasteiger partial charge in [-0.2, -0.15) is 0 Å². The van der Waals surface area contributed by atoms with E-state index < -0.39 is 0 Å². The molecule has 0 saturated heterocycles. The second-order valence-electron chi connectivity index (χ2n) is 4.69. The number of rotatable bonds is 4. The fraction of sp³-hybridized carbons (Fsp3) is 0.0625. The minimum atomic E-state index is -0.127. The van der Waals surface area contributed by atoms with Crippen LogP contribution in [0.2, 0.25) is 0 Å². The zero-order chi connectivity index (χ0) is 15.4.